The number of carbonyl (C=O) groups is 1. The number of thiocarbonyl (C=S) groups is 1. The van der Waals surface area contributed by atoms with Crippen molar-refractivity contribution >= 4 is 23.1 Å². The first-order chi connectivity index (χ1) is 7.18. The number of hydrogen-bond donors (Lipinski definition) is 3. The lowest BCUT2D eigenvalue weighted by Crippen LogP contribution is -2.44. The first-order valence-electron chi connectivity index (χ1n) is 4.77. The van der Waals surface area contributed by atoms with Crippen molar-refractivity contribution in [2.45, 2.75) is 18.9 Å². The van der Waals surface area contributed by atoms with Crippen LogP contribution >= 0.6 is 12.2 Å². The normalized spacial score (nSPS) is 17.1. The van der Waals surface area contributed by atoms with Gasteiger partial charge in [-0.25, -0.2) is 0 Å². The number of aromatic nitrogens is 2. The Labute approximate surface area is 92.4 Å². The largest absolute Gasteiger partial charge is 0.392 e. The van der Waals surface area contributed by atoms with E-state index in [4.69, 9.17) is 18.0 Å². The van der Waals surface area contributed by atoms with Crippen LogP contribution in [0.15, 0.2) is 12.4 Å². The summed E-state index contributed by atoms with van der Waals surface area (Å²) in [4.78, 5) is 12.0. The van der Waals surface area contributed by atoms with E-state index in [1.54, 1.807) is 6.20 Å². The van der Waals surface area contributed by atoms with Crippen molar-refractivity contribution in [1.29, 1.82) is 0 Å². The lowest BCUT2D eigenvalue weighted by molar-refractivity contribution is 0.0944. The summed E-state index contributed by atoms with van der Waals surface area (Å²) < 4.78 is 0. The van der Waals surface area contributed by atoms with Crippen LogP contribution in [0.5, 0.6) is 0 Å². The lowest BCUT2D eigenvalue weighted by Gasteiger charge is -2.15. The van der Waals surface area contributed by atoms with Crippen molar-refractivity contribution in [3.63, 3.8) is 0 Å². The molecule has 4 N–H and O–H groups in total. The van der Waals surface area contributed by atoms with Crippen LogP contribution in [-0.2, 0) is 0 Å². The topological polar surface area (TPSA) is 83.8 Å². The maximum Gasteiger partial charge on any atom is 0.255 e. The highest BCUT2D eigenvalue weighted by molar-refractivity contribution is 7.80. The fraction of sp³-hybridized carbons (Fsp3) is 0.444. The monoisotopic (exact) mass is 224 g/mol. The molecule has 80 valence electrons. The van der Waals surface area contributed by atoms with Crippen LogP contribution < -0.4 is 11.1 Å². The second-order valence-electron chi connectivity index (χ2n) is 3.68. The number of amides is 1. The standard InChI is InChI=1S/C9H12N4OS/c10-8(15)7(5-1-2-5)13-9(14)6-3-11-12-4-6/h3-5,7H,1-2H2,(H2,10,15)(H,11,12)(H,13,14). The van der Waals surface area contributed by atoms with Crippen molar-refractivity contribution in [3.05, 3.63) is 18.0 Å². The highest BCUT2D eigenvalue weighted by Crippen LogP contribution is 2.32. The van der Waals surface area contributed by atoms with Gasteiger partial charge in [-0.2, -0.15) is 5.10 Å². The lowest BCUT2D eigenvalue weighted by atomic mass is 10.1. The molecular formula is C9H12N4OS. The SMILES string of the molecule is NC(=S)C(NC(=O)c1cn[nH]c1)C1CC1. The van der Waals surface area contributed by atoms with E-state index in [1.165, 1.54) is 6.20 Å². The molecule has 5 nitrogen and oxygen atoms in total. The summed E-state index contributed by atoms with van der Waals surface area (Å²) in [5.41, 5.74) is 6.07. The second kappa shape index (κ2) is 3.98. The first kappa shape index (κ1) is 10.1. The molecule has 1 aromatic rings. The molecule has 1 heterocycles. The summed E-state index contributed by atoms with van der Waals surface area (Å²) in [5.74, 6) is 0.229. The summed E-state index contributed by atoms with van der Waals surface area (Å²) >= 11 is 4.92. The number of H-pyrrole nitrogens is 1. The van der Waals surface area contributed by atoms with Crippen molar-refractivity contribution in [2.75, 3.05) is 0 Å². The van der Waals surface area contributed by atoms with Gasteiger partial charge in [0.1, 0.15) is 0 Å². The van der Waals surface area contributed by atoms with E-state index >= 15 is 0 Å². The van der Waals surface area contributed by atoms with E-state index in [2.05, 4.69) is 15.5 Å². The Hall–Kier alpha value is -1.43. The van der Waals surface area contributed by atoms with E-state index in [1.807, 2.05) is 0 Å². The van der Waals surface area contributed by atoms with Crippen LogP contribution in [0, 0.1) is 5.92 Å². The molecule has 0 radical (unpaired) electrons. The number of nitrogens with two attached hydrogens (primary N) is 1. The fourth-order valence-corrected chi connectivity index (χ4v) is 1.70. The zero-order valence-corrected chi connectivity index (χ0v) is 8.88. The summed E-state index contributed by atoms with van der Waals surface area (Å²) in [5, 5.41) is 9.10. The predicted molar refractivity (Wildman–Crippen MR) is 59.4 cm³/mol. The van der Waals surface area contributed by atoms with Crippen LogP contribution in [0.2, 0.25) is 0 Å². The quantitative estimate of drug-likeness (QED) is 0.638. The summed E-state index contributed by atoms with van der Waals surface area (Å²) in [6.07, 6.45) is 5.17. The molecule has 0 aromatic carbocycles. The molecule has 0 spiro atoms. The van der Waals surface area contributed by atoms with E-state index in [0.717, 1.165) is 12.8 Å². The number of carbonyl (C=O) groups excluding carboxylic acids is 1. The Morgan fingerprint density at radius 1 is 1.73 bits per heavy atom. The molecule has 2 rings (SSSR count). The van der Waals surface area contributed by atoms with Gasteiger partial charge in [-0.1, -0.05) is 12.2 Å². The average Bonchev–Trinajstić information content (AvgIpc) is 2.87. The minimum atomic E-state index is -0.187. The Morgan fingerprint density at radius 2 is 2.47 bits per heavy atom. The van der Waals surface area contributed by atoms with Gasteiger partial charge in [-0.15, -0.1) is 0 Å². The predicted octanol–water partition coefficient (Wildman–Crippen LogP) is 0.204. The van der Waals surface area contributed by atoms with Crippen molar-refractivity contribution < 1.29 is 4.79 Å². The summed E-state index contributed by atoms with van der Waals surface area (Å²) in [6, 6.07) is -0.178. The number of rotatable bonds is 4. The van der Waals surface area contributed by atoms with E-state index < -0.39 is 0 Å². The van der Waals surface area contributed by atoms with Gasteiger partial charge in [0.15, 0.2) is 0 Å². The van der Waals surface area contributed by atoms with Crippen LogP contribution in [0.3, 0.4) is 0 Å². The van der Waals surface area contributed by atoms with Crippen LogP contribution in [0.25, 0.3) is 0 Å². The molecular weight excluding hydrogens is 212 g/mol. The average molecular weight is 224 g/mol. The Kier molecular flexibility index (Phi) is 2.68. The van der Waals surface area contributed by atoms with E-state index in [9.17, 15) is 4.79 Å². The highest BCUT2D eigenvalue weighted by atomic mass is 32.1. The third-order valence-electron chi connectivity index (χ3n) is 2.45. The fourth-order valence-electron chi connectivity index (χ4n) is 1.45. The third kappa shape index (κ3) is 2.33. The molecule has 0 bridgehead atoms. The maximum absolute atomic E-state index is 11.7. The van der Waals surface area contributed by atoms with Crippen molar-refractivity contribution in [2.24, 2.45) is 11.7 Å². The second-order valence-corrected chi connectivity index (χ2v) is 4.15. The minimum absolute atomic E-state index is 0.178. The maximum atomic E-state index is 11.7. The van der Waals surface area contributed by atoms with Gasteiger partial charge in [0.05, 0.1) is 22.8 Å². The Bertz CT molecular complexity index is 371. The van der Waals surface area contributed by atoms with Gasteiger partial charge < -0.3 is 11.1 Å². The molecule has 1 saturated carbocycles. The van der Waals surface area contributed by atoms with E-state index in [0.29, 0.717) is 16.5 Å². The highest BCUT2D eigenvalue weighted by Gasteiger charge is 2.34. The van der Waals surface area contributed by atoms with Gasteiger partial charge in [-0.05, 0) is 18.8 Å². The van der Waals surface area contributed by atoms with Gasteiger partial charge in [0.2, 0.25) is 0 Å². The third-order valence-corrected chi connectivity index (χ3v) is 2.70. The molecule has 1 atom stereocenters. The summed E-state index contributed by atoms with van der Waals surface area (Å²) in [7, 11) is 0. The smallest absolute Gasteiger partial charge is 0.255 e. The molecule has 0 saturated heterocycles. The minimum Gasteiger partial charge on any atom is -0.392 e. The molecule has 1 amide bonds. The molecule has 1 aromatic heterocycles. The molecule has 6 heteroatoms. The number of nitrogens with zero attached hydrogens (tertiary/aromatic N) is 1. The number of hydrogen-bond acceptors (Lipinski definition) is 3. The van der Waals surface area contributed by atoms with E-state index in [-0.39, 0.29) is 11.9 Å². The molecule has 1 aliphatic carbocycles. The molecule has 0 aliphatic heterocycles. The molecule has 1 unspecified atom stereocenters. The van der Waals surface area contributed by atoms with Crippen molar-refractivity contribution in [1.82, 2.24) is 15.5 Å². The van der Waals surface area contributed by atoms with Crippen LogP contribution in [-0.4, -0.2) is 27.1 Å². The number of aromatic amines is 1. The molecule has 15 heavy (non-hydrogen) atoms. The Balaban J connectivity index is 2.00. The number of nitrogens with one attached hydrogen (secondary N) is 2. The molecule has 1 aliphatic rings. The zero-order chi connectivity index (χ0) is 10.8. The first-order valence-corrected chi connectivity index (χ1v) is 5.18. The molecule has 1 fully saturated rings. The van der Waals surface area contributed by atoms with Gasteiger partial charge >= 0.3 is 0 Å². The van der Waals surface area contributed by atoms with Gasteiger partial charge in [-0.3, -0.25) is 9.89 Å². The summed E-state index contributed by atoms with van der Waals surface area (Å²) in [6.45, 7) is 0. The van der Waals surface area contributed by atoms with Crippen molar-refractivity contribution in [3.8, 4) is 0 Å². The van der Waals surface area contributed by atoms with Crippen LogP contribution in [0.1, 0.15) is 23.2 Å². The van der Waals surface area contributed by atoms with Crippen LogP contribution in [0.4, 0.5) is 0 Å². The zero-order valence-electron chi connectivity index (χ0n) is 8.06. The van der Waals surface area contributed by atoms with Gasteiger partial charge in [0, 0.05) is 6.20 Å². The van der Waals surface area contributed by atoms with Gasteiger partial charge in [0.25, 0.3) is 5.91 Å². The Morgan fingerprint density at radius 3 is 2.93 bits per heavy atom.